The summed E-state index contributed by atoms with van der Waals surface area (Å²) in [5.74, 6) is 0.476. The van der Waals surface area contributed by atoms with Crippen molar-refractivity contribution in [1.29, 1.82) is 0 Å². The van der Waals surface area contributed by atoms with Crippen molar-refractivity contribution in [2.24, 2.45) is 11.5 Å². The van der Waals surface area contributed by atoms with Crippen LogP contribution >= 0.6 is 0 Å². The van der Waals surface area contributed by atoms with Gasteiger partial charge >= 0.3 is 0 Å². The Morgan fingerprint density at radius 3 is 0.812 bits per heavy atom. The van der Waals surface area contributed by atoms with Crippen LogP contribution in [-0.2, 0) is 0 Å². The van der Waals surface area contributed by atoms with E-state index in [2.05, 4.69) is 6.92 Å². The van der Waals surface area contributed by atoms with E-state index in [-0.39, 0.29) is 0 Å². The molecule has 0 unspecified atom stereocenters. The minimum atomic E-state index is 0.476. The molecule has 0 spiro atoms. The summed E-state index contributed by atoms with van der Waals surface area (Å²) in [5.41, 5.74) is 10.9. The lowest BCUT2D eigenvalue weighted by Crippen LogP contribution is -2.07. The van der Waals surface area contributed by atoms with Gasteiger partial charge < -0.3 is 11.5 Å². The molecule has 0 atom stereocenters. The highest BCUT2D eigenvalue weighted by Crippen LogP contribution is 2.16. The lowest BCUT2D eigenvalue weighted by molar-refractivity contribution is 0.515. The Balaban J connectivity index is 3.02. The monoisotopic (exact) mass is 450 g/mol. The predicted molar refractivity (Wildman–Crippen MR) is 147 cm³/mol. The molecule has 0 bridgehead atoms. The molecule has 0 aliphatic carbocycles. The number of rotatable bonds is 27. The van der Waals surface area contributed by atoms with Crippen molar-refractivity contribution in [3.8, 4) is 0 Å². The van der Waals surface area contributed by atoms with Crippen molar-refractivity contribution in [3.63, 3.8) is 0 Å². The highest BCUT2D eigenvalue weighted by molar-refractivity contribution is 4.89. The molecule has 0 radical (unpaired) electrons. The van der Waals surface area contributed by atoms with Crippen molar-refractivity contribution < 1.29 is 0 Å². The van der Waals surface area contributed by atoms with E-state index < -0.39 is 0 Å². The van der Waals surface area contributed by atoms with Gasteiger partial charge in [0.25, 0.3) is 0 Å². The van der Waals surface area contributed by atoms with Crippen LogP contribution in [0.3, 0.4) is 0 Å². The summed E-state index contributed by atoms with van der Waals surface area (Å²) in [6.07, 6.45) is 40.5. The van der Waals surface area contributed by atoms with E-state index in [1.807, 2.05) is 6.08 Å². The summed E-state index contributed by atoms with van der Waals surface area (Å²) in [4.78, 5) is 0. The van der Waals surface area contributed by atoms with Crippen LogP contribution in [0.4, 0.5) is 0 Å². The van der Waals surface area contributed by atoms with E-state index in [1.165, 1.54) is 167 Å². The van der Waals surface area contributed by atoms with Gasteiger partial charge in [-0.2, -0.15) is 0 Å². The second-order valence-electron chi connectivity index (χ2n) is 10.3. The molecule has 0 amide bonds. The van der Waals surface area contributed by atoms with Crippen LogP contribution < -0.4 is 11.5 Å². The Kier molecular flexibility index (Phi) is 27.8. The summed E-state index contributed by atoms with van der Waals surface area (Å²) in [6, 6.07) is 0. The number of hydrogen-bond acceptors (Lipinski definition) is 2. The maximum absolute atomic E-state index is 5.44. The number of hydrogen-bond donors (Lipinski definition) is 2. The molecule has 32 heavy (non-hydrogen) atoms. The van der Waals surface area contributed by atoms with E-state index in [9.17, 15) is 0 Å². The van der Waals surface area contributed by atoms with E-state index in [1.54, 1.807) is 0 Å². The minimum Gasteiger partial charge on any atom is -0.386 e. The Bertz CT molecular complexity index is 360. The first-order valence-corrected chi connectivity index (χ1v) is 15.0. The molecule has 0 fully saturated rings. The average Bonchev–Trinajstić information content (AvgIpc) is 2.78. The van der Waals surface area contributed by atoms with E-state index in [4.69, 9.17) is 11.5 Å². The lowest BCUT2D eigenvalue weighted by atomic mass is 10.0. The van der Waals surface area contributed by atoms with Gasteiger partial charge in [-0.25, -0.2) is 0 Å². The molecule has 0 heterocycles. The maximum Gasteiger partial charge on any atom is 0.0892 e. The van der Waals surface area contributed by atoms with Gasteiger partial charge in [-0.3, -0.25) is 0 Å². The average molecular weight is 451 g/mol. The number of nitrogens with two attached hydrogens (primary N) is 2. The van der Waals surface area contributed by atoms with Crippen LogP contribution in [0.15, 0.2) is 11.9 Å². The minimum absolute atomic E-state index is 0.476. The Hall–Kier alpha value is -0.660. The fourth-order valence-corrected chi connectivity index (χ4v) is 4.73. The van der Waals surface area contributed by atoms with E-state index >= 15 is 0 Å². The molecule has 4 N–H and O–H groups in total. The SMILES string of the molecule is CCCCCCCCCCCCCCCCCCCCCCCCCCCCC=C(N)N. The predicted octanol–water partition coefficient (Wildman–Crippen LogP) is 10.3. The summed E-state index contributed by atoms with van der Waals surface area (Å²) < 4.78 is 0. The molecule has 0 aromatic heterocycles. The summed E-state index contributed by atoms with van der Waals surface area (Å²) in [7, 11) is 0. The molecule has 0 aliphatic rings. The lowest BCUT2D eigenvalue weighted by Gasteiger charge is -2.04. The highest BCUT2D eigenvalue weighted by atomic mass is 14.8. The van der Waals surface area contributed by atoms with Crippen molar-refractivity contribution in [1.82, 2.24) is 0 Å². The zero-order valence-corrected chi connectivity index (χ0v) is 22.3. The Morgan fingerprint density at radius 2 is 0.594 bits per heavy atom. The van der Waals surface area contributed by atoms with Crippen molar-refractivity contribution in [2.75, 3.05) is 0 Å². The van der Waals surface area contributed by atoms with Gasteiger partial charge in [-0.1, -0.05) is 167 Å². The van der Waals surface area contributed by atoms with E-state index in [0.29, 0.717) is 5.82 Å². The largest absolute Gasteiger partial charge is 0.386 e. The van der Waals surface area contributed by atoms with Crippen LogP contribution in [-0.4, -0.2) is 0 Å². The summed E-state index contributed by atoms with van der Waals surface area (Å²) >= 11 is 0. The molecule has 2 nitrogen and oxygen atoms in total. The first-order valence-electron chi connectivity index (χ1n) is 15.0. The molecule has 2 heteroatoms. The van der Waals surface area contributed by atoms with Gasteiger partial charge in [0.1, 0.15) is 0 Å². The highest BCUT2D eigenvalue weighted by Gasteiger charge is 1.96. The van der Waals surface area contributed by atoms with Gasteiger partial charge in [0.15, 0.2) is 0 Å². The van der Waals surface area contributed by atoms with Gasteiger partial charge in [-0.15, -0.1) is 0 Å². The quantitative estimate of drug-likeness (QED) is 0.122. The molecular weight excluding hydrogens is 388 g/mol. The van der Waals surface area contributed by atoms with Crippen molar-refractivity contribution >= 4 is 0 Å². The third-order valence-electron chi connectivity index (χ3n) is 6.94. The van der Waals surface area contributed by atoms with Crippen LogP contribution in [0, 0.1) is 0 Å². The first kappa shape index (κ1) is 31.3. The molecule has 0 saturated carbocycles. The van der Waals surface area contributed by atoms with Crippen molar-refractivity contribution in [3.05, 3.63) is 11.9 Å². The van der Waals surface area contributed by atoms with Crippen LogP contribution in [0.2, 0.25) is 0 Å². The number of allylic oxidation sites excluding steroid dienone is 1. The molecule has 0 saturated heterocycles. The van der Waals surface area contributed by atoms with Gasteiger partial charge in [0.2, 0.25) is 0 Å². The molecule has 192 valence electrons. The topological polar surface area (TPSA) is 52.0 Å². The number of unbranched alkanes of at least 4 members (excludes halogenated alkanes) is 26. The van der Waals surface area contributed by atoms with Gasteiger partial charge in [0.05, 0.1) is 5.82 Å². The zero-order valence-electron chi connectivity index (χ0n) is 22.3. The van der Waals surface area contributed by atoms with Crippen LogP contribution in [0.1, 0.15) is 180 Å². The second-order valence-corrected chi connectivity index (χ2v) is 10.3. The molecule has 0 aromatic rings. The third-order valence-corrected chi connectivity index (χ3v) is 6.94. The Labute approximate surface area is 203 Å². The zero-order chi connectivity index (χ0) is 23.4. The fourth-order valence-electron chi connectivity index (χ4n) is 4.73. The molecule has 0 rings (SSSR count). The Morgan fingerprint density at radius 1 is 0.375 bits per heavy atom. The smallest absolute Gasteiger partial charge is 0.0892 e. The summed E-state index contributed by atoms with van der Waals surface area (Å²) in [6.45, 7) is 2.30. The van der Waals surface area contributed by atoms with Gasteiger partial charge in [-0.05, 0) is 18.9 Å². The maximum atomic E-state index is 5.44. The fraction of sp³-hybridized carbons (Fsp3) is 0.933. The standard InChI is InChI=1S/C30H62N2/c1-2-3-4-5-6-7-8-9-10-11-12-13-14-15-16-17-18-19-20-21-22-23-24-25-26-27-28-29-30(31)32/h29H,2-28,31-32H2,1H3. The normalized spacial score (nSPS) is 11.2. The first-order chi connectivity index (χ1) is 15.8. The molecule has 0 aliphatic heterocycles. The third kappa shape index (κ3) is 29.3. The van der Waals surface area contributed by atoms with E-state index in [0.717, 1.165) is 6.42 Å². The summed E-state index contributed by atoms with van der Waals surface area (Å²) in [5, 5.41) is 0. The van der Waals surface area contributed by atoms with Crippen molar-refractivity contribution in [2.45, 2.75) is 180 Å². The van der Waals surface area contributed by atoms with Crippen LogP contribution in [0.25, 0.3) is 0 Å². The second kappa shape index (κ2) is 28.4. The molecule has 0 aromatic carbocycles. The molecular formula is C30H62N2. The van der Waals surface area contributed by atoms with Crippen LogP contribution in [0.5, 0.6) is 0 Å². The van der Waals surface area contributed by atoms with Gasteiger partial charge in [0, 0.05) is 0 Å².